The Labute approximate surface area is 115 Å². The van der Waals surface area contributed by atoms with Gasteiger partial charge in [-0.2, -0.15) is 0 Å². The quantitative estimate of drug-likeness (QED) is 0.818. The number of ether oxygens (including phenoxy) is 2. The van der Waals surface area contributed by atoms with Gasteiger partial charge in [0.1, 0.15) is 11.5 Å². The molecule has 1 aliphatic carbocycles. The summed E-state index contributed by atoms with van der Waals surface area (Å²) in [4.78, 5) is 2.28. The van der Waals surface area contributed by atoms with Gasteiger partial charge in [0, 0.05) is 31.6 Å². The van der Waals surface area contributed by atoms with Gasteiger partial charge >= 0.3 is 0 Å². The van der Waals surface area contributed by atoms with Gasteiger partial charge in [-0.1, -0.05) is 0 Å². The summed E-state index contributed by atoms with van der Waals surface area (Å²) in [5, 5.41) is 3.30. The number of rotatable bonds is 7. The Morgan fingerprint density at radius 2 is 2.00 bits per heavy atom. The third kappa shape index (κ3) is 3.13. The van der Waals surface area contributed by atoms with Crippen molar-refractivity contribution in [1.82, 2.24) is 5.32 Å². The highest BCUT2D eigenvalue weighted by Gasteiger charge is 2.42. The zero-order valence-electron chi connectivity index (χ0n) is 12.3. The van der Waals surface area contributed by atoms with Crippen molar-refractivity contribution in [2.75, 3.05) is 46.3 Å². The van der Waals surface area contributed by atoms with E-state index in [-0.39, 0.29) is 0 Å². The maximum Gasteiger partial charge on any atom is 0.145 e. The molecule has 1 saturated carbocycles. The molecule has 1 aromatic carbocycles. The maximum atomic E-state index is 5.47. The maximum absolute atomic E-state index is 5.47. The summed E-state index contributed by atoms with van der Waals surface area (Å²) in [6, 6.07) is 5.97. The molecule has 0 atom stereocenters. The number of hydrogen-bond acceptors (Lipinski definition) is 4. The van der Waals surface area contributed by atoms with Crippen LogP contribution in [0.3, 0.4) is 0 Å². The van der Waals surface area contributed by atoms with E-state index >= 15 is 0 Å². The smallest absolute Gasteiger partial charge is 0.145 e. The molecule has 0 spiro atoms. The van der Waals surface area contributed by atoms with Crippen molar-refractivity contribution in [3.63, 3.8) is 0 Å². The Hall–Kier alpha value is -1.42. The van der Waals surface area contributed by atoms with Gasteiger partial charge in [0.15, 0.2) is 0 Å². The van der Waals surface area contributed by atoms with E-state index in [4.69, 9.17) is 9.47 Å². The molecular formula is C15H24N2O2. The van der Waals surface area contributed by atoms with Crippen LogP contribution in [0.15, 0.2) is 18.2 Å². The molecule has 0 aliphatic heterocycles. The lowest BCUT2D eigenvalue weighted by Crippen LogP contribution is -2.32. The monoisotopic (exact) mass is 264 g/mol. The van der Waals surface area contributed by atoms with Gasteiger partial charge in [-0.15, -0.1) is 0 Å². The molecule has 0 saturated heterocycles. The molecule has 1 aliphatic rings. The second-order valence-corrected chi connectivity index (χ2v) is 5.42. The SMILES string of the molecule is CNCC1(CN(C)c2ccc(OC)cc2OC)CC1. The van der Waals surface area contributed by atoms with Gasteiger partial charge in [-0.05, 0) is 32.0 Å². The van der Waals surface area contributed by atoms with Crippen molar-refractivity contribution in [3.8, 4) is 11.5 Å². The molecule has 4 nitrogen and oxygen atoms in total. The number of methoxy groups -OCH3 is 2. The van der Waals surface area contributed by atoms with Crippen LogP contribution >= 0.6 is 0 Å². The van der Waals surface area contributed by atoms with Crippen molar-refractivity contribution in [2.24, 2.45) is 5.41 Å². The average Bonchev–Trinajstić information content (AvgIpc) is 3.17. The molecule has 1 fully saturated rings. The standard InChI is InChI=1S/C15H24N2O2/c1-16-10-15(7-8-15)11-17(2)13-6-5-12(18-3)9-14(13)19-4/h5-6,9,16H,7-8,10-11H2,1-4H3. The molecule has 0 unspecified atom stereocenters. The first-order chi connectivity index (χ1) is 9.14. The molecule has 0 bridgehead atoms. The van der Waals surface area contributed by atoms with Gasteiger partial charge in [0.05, 0.1) is 19.9 Å². The first kappa shape index (κ1) is 14.0. The molecule has 0 radical (unpaired) electrons. The van der Waals surface area contributed by atoms with Gasteiger partial charge in [-0.3, -0.25) is 0 Å². The lowest BCUT2D eigenvalue weighted by Gasteiger charge is -2.27. The first-order valence-corrected chi connectivity index (χ1v) is 6.72. The lowest BCUT2D eigenvalue weighted by molar-refractivity contribution is 0.393. The minimum Gasteiger partial charge on any atom is -0.497 e. The van der Waals surface area contributed by atoms with E-state index in [0.717, 1.165) is 30.3 Å². The predicted molar refractivity (Wildman–Crippen MR) is 78.4 cm³/mol. The van der Waals surface area contributed by atoms with Crippen LogP contribution in [0.2, 0.25) is 0 Å². The highest BCUT2D eigenvalue weighted by molar-refractivity contribution is 5.60. The minimum atomic E-state index is 0.439. The lowest BCUT2D eigenvalue weighted by atomic mass is 10.1. The summed E-state index contributed by atoms with van der Waals surface area (Å²) in [5.74, 6) is 1.69. The van der Waals surface area contributed by atoms with Crippen LogP contribution in [0.5, 0.6) is 11.5 Å². The highest BCUT2D eigenvalue weighted by Crippen LogP contribution is 2.46. The van der Waals surface area contributed by atoms with E-state index in [2.05, 4.69) is 23.3 Å². The Balaban J connectivity index is 2.12. The second kappa shape index (κ2) is 5.70. The van der Waals surface area contributed by atoms with E-state index in [9.17, 15) is 0 Å². The number of hydrogen-bond donors (Lipinski definition) is 1. The van der Waals surface area contributed by atoms with E-state index in [1.807, 2.05) is 19.2 Å². The van der Waals surface area contributed by atoms with Gasteiger partial charge < -0.3 is 19.7 Å². The molecule has 0 amide bonds. The molecule has 2 rings (SSSR count). The van der Waals surface area contributed by atoms with Crippen LogP contribution in [0, 0.1) is 5.41 Å². The van der Waals surface area contributed by atoms with Crippen molar-refractivity contribution < 1.29 is 9.47 Å². The molecule has 106 valence electrons. The van der Waals surface area contributed by atoms with Gasteiger partial charge in [0.2, 0.25) is 0 Å². The Morgan fingerprint density at radius 1 is 1.26 bits per heavy atom. The highest BCUT2D eigenvalue weighted by atomic mass is 16.5. The Bertz CT molecular complexity index is 430. The summed E-state index contributed by atoms with van der Waals surface area (Å²) in [6.07, 6.45) is 2.60. The van der Waals surface area contributed by atoms with E-state index in [1.54, 1.807) is 14.2 Å². The van der Waals surface area contributed by atoms with Crippen LogP contribution in [0.25, 0.3) is 0 Å². The largest absolute Gasteiger partial charge is 0.497 e. The molecule has 0 aromatic heterocycles. The molecular weight excluding hydrogens is 240 g/mol. The normalized spacial score (nSPS) is 16.0. The third-order valence-corrected chi connectivity index (χ3v) is 3.88. The van der Waals surface area contributed by atoms with Crippen LogP contribution in [-0.2, 0) is 0 Å². The summed E-state index contributed by atoms with van der Waals surface area (Å²) >= 11 is 0. The summed E-state index contributed by atoms with van der Waals surface area (Å²) in [7, 11) is 7.52. The summed E-state index contributed by atoms with van der Waals surface area (Å²) < 4.78 is 10.7. The van der Waals surface area contributed by atoms with E-state index < -0.39 is 0 Å². The van der Waals surface area contributed by atoms with Crippen LogP contribution in [0.1, 0.15) is 12.8 Å². The third-order valence-electron chi connectivity index (χ3n) is 3.88. The second-order valence-electron chi connectivity index (χ2n) is 5.42. The number of nitrogens with one attached hydrogen (secondary N) is 1. The fourth-order valence-corrected chi connectivity index (χ4v) is 2.63. The van der Waals surface area contributed by atoms with E-state index in [1.165, 1.54) is 12.8 Å². The van der Waals surface area contributed by atoms with Gasteiger partial charge in [-0.25, -0.2) is 0 Å². The Kier molecular flexibility index (Phi) is 4.20. The van der Waals surface area contributed by atoms with Gasteiger partial charge in [0.25, 0.3) is 0 Å². The minimum absolute atomic E-state index is 0.439. The number of benzene rings is 1. The number of anilines is 1. The zero-order chi connectivity index (χ0) is 13.9. The Morgan fingerprint density at radius 3 is 2.53 bits per heavy atom. The topological polar surface area (TPSA) is 33.7 Å². The molecule has 1 aromatic rings. The average molecular weight is 264 g/mol. The molecule has 19 heavy (non-hydrogen) atoms. The van der Waals surface area contributed by atoms with Crippen LogP contribution in [0.4, 0.5) is 5.69 Å². The van der Waals surface area contributed by atoms with Crippen molar-refractivity contribution in [1.29, 1.82) is 0 Å². The fraction of sp³-hybridized carbons (Fsp3) is 0.600. The first-order valence-electron chi connectivity index (χ1n) is 6.72. The van der Waals surface area contributed by atoms with Crippen molar-refractivity contribution in [2.45, 2.75) is 12.8 Å². The van der Waals surface area contributed by atoms with Crippen molar-refractivity contribution >= 4 is 5.69 Å². The predicted octanol–water partition coefficient (Wildman–Crippen LogP) is 2.14. The molecule has 0 heterocycles. The van der Waals surface area contributed by atoms with Crippen molar-refractivity contribution in [3.05, 3.63) is 18.2 Å². The molecule has 4 heteroatoms. The fourth-order valence-electron chi connectivity index (χ4n) is 2.63. The van der Waals surface area contributed by atoms with Crippen LogP contribution in [-0.4, -0.2) is 41.4 Å². The van der Waals surface area contributed by atoms with E-state index in [0.29, 0.717) is 5.41 Å². The van der Waals surface area contributed by atoms with Crippen LogP contribution < -0.4 is 19.7 Å². The summed E-state index contributed by atoms with van der Waals surface area (Å²) in [5.41, 5.74) is 1.56. The molecule has 1 N–H and O–H groups in total. The number of nitrogens with zero attached hydrogens (tertiary/aromatic N) is 1. The summed E-state index contributed by atoms with van der Waals surface area (Å²) in [6.45, 7) is 2.13. The zero-order valence-corrected chi connectivity index (χ0v) is 12.3.